The molecule has 0 aliphatic rings. The summed E-state index contributed by atoms with van der Waals surface area (Å²) >= 11 is 6.03. The fourth-order valence-electron chi connectivity index (χ4n) is 4.32. The first-order valence-electron chi connectivity index (χ1n) is 11.5. The molecule has 5 nitrogen and oxygen atoms in total. The van der Waals surface area contributed by atoms with Crippen LogP contribution in [0.1, 0.15) is 22.3 Å². The first kappa shape index (κ1) is 23.5. The van der Waals surface area contributed by atoms with Crippen LogP contribution in [0.2, 0.25) is 5.02 Å². The van der Waals surface area contributed by atoms with Crippen LogP contribution in [0, 0.1) is 0 Å². The number of nitrogens with one attached hydrogen (secondary N) is 1. The lowest BCUT2D eigenvalue weighted by Gasteiger charge is -2.27. The number of fused-ring (bicyclic) bond motifs is 1. The lowest BCUT2D eigenvalue weighted by molar-refractivity contribution is -0.136. The standard InChI is InChI=1S/C30H24ClN3O2/c31-26-17-15-22(16-18-26)20-34-21-23(27-13-7-8-14-28(27)34)19-32-33-29(35)30(36,24-9-3-1-4-10-24)25-11-5-2-6-12-25/h1-19,21,36H,20H2,(H,33,35)/b32-19-. The van der Waals surface area contributed by atoms with Gasteiger partial charge in [0, 0.05) is 34.2 Å². The van der Waals surface area contributed by atoms with Gasteiger partial charge in [0.2, 0.25) is 0 Å². The molecule has 5 aromatic rings. The Morgan fingerprint density at radius 2 is 1.44 bits per heavy atom. The van der Waals surface area contributed by atoms with E-state index in [4.69, 9.17) is 11.6 Å². The Morgan fingerprint density at radius 1 is 0.861 bits per heavy atom. The first-order chi connectivity index (χ1) is 17.6. The predicted molar refractivity (Wildman–Crippen MR) is 144 cm³/mol. The lowest BCUT2D eigenvalue weighted by Crippen LogP contribution is -2.43. The second-order valence-corrected chi connectivity index (χ2v) is 8.93. The molecule has 0 radical (unpaired) electrons. The highest BCUT2D eigenvalue weighted by Crippen LogP contribution is 2.30. The van der Waals surface area contributed by atoms with Gasteiger partial charge in [-0.3, -0.25) is 4.79 Å². The van der Waals surface area contributed by atoms with Crippen molar-refractivity contribution in [1.82, 2.24) is 9.99 Å². The number of carbonyl (C=O) groups excluding carboxylic acids is 1. The summed E-state index contributed by atoms with van der Waals surface area (Å²) in [6.07, 6.45) is 3.60. The molecule has 0 unspecified atom stereocenters. The molecule has 5 rings (SSSR count). The van der Waals surface area contributed by atoms with E-state index in [1.165, 1.54) is 0 Å². The van der Waals surface area contributed by atoms with Crippen molar-refractivity contribution in [3.8, 4) is 0 Å². The summed E-state index contributed by atoms with van der Waals surface area (Å²) in [6.45, 7) is 0.666. The van der Waals surface area contributed by atoms with Gasteiger partial charge in [0.1, 0.15) is 0 Å². The zero-order valence-corrected chi connectivity index (χ0v) is 20.1. The van der Waals surface area contributed by atoms with Crippen LogP contribution in [0.15, 0.2) is 120 Å². The third-order valence-electron chi connectivity index (χ3n) is 6.17. The maximum atomic E-state index is 13.3. The van der Waals surface area contributed by atoms with Crippen molar-refractivity contribution in [2.45, 2.75) is 12.1 Å². The summed E-state index contributed by atoms with van der Waals surface area (Å²) in [7, 11) is 0. The molecule has 0 saturated heterocycles. The van der Waals surface area contributed by atoms with Crippen LogP contribution >= 0.6 is 11.6 Å². The zero-order chi connectivity index (χ0) is 25.0. The van der Waals surface area contributed by atoms with Gasteiger partial charge in [-0.2, -0.15) is 5.10 Å². The molecule has 0 aliphatic heterocycles. The average Bonchev–Trinajstić information content (AvgIpc) is 3.27. The Morgan fingerprint density at radius 3 is 2.08 bits per heavy atom. The molecule has 0 atom stereocenters. The van der Waals surface area contributed by atoms with E-state index in [0.717, 1.165) is 22.0 Å². The monoisotopic (exact) mass is 493 g/mol. The van der Waals surface area contributed by atoms with Crippen molar-refractivity contribution < 1.29 is 9.90 Å². The van der Waals surface area contributed by atoms with E-state index in [-0.39, 0.29) is 0 Å². The number of aromatic nitrogens is 1. The van der Waals surface area contributed by atoms with Gasteiger partial charge in [0.15, 0.2) is 5.60 Å². The van der Waals surface area contributed by atoms with Crippen molar-refractivity contribution in [1.29, 1.82) is 0 Å². The fourth-order valence-corrected chi connectivity index (χ4v) is 4.45. The maximum absolute atomic E-state index is 13.3. The first-order valence-corrected chi connectivity index (χ1v) is 11.9. The largest absolute Gasteiger partial charge is 0.372 e. The minimum atomic E-state index is -1.89. The van der Waals surface area contributed by atoms with E-state index in [2.05, 4.69) is 15.1 Å². The molecule has 6 heteroatoms. The van der Waals surface area contributed by atoms with E-state index >= 15 is 0 Å². The van der Waals surface area contributed by atoms with Crippen LogP contribution in [-0.2, 0) is 16.9 Å². The molecule has 2 N–H and O–H groups in total. The molecule has 1 amide bonds. The predicted octanol–water partition coefficient (Wildman–Crippen LogP) is 5.73. The Labute approximate surface area is 214 Å². The minimum Gasteiger partial charge on any atom is -0.372 e. The Hall–Kier alpha value is -4.19. The van der Waals surface area contributed by atoms with Gasteiger partial charge in [-0.1, -0.05) is 103 Å². The lowest BCUT2D eigenvalue weighted by atomic mass is 9.85. The van der Waals surface area contributed by atoms with E-state index in [9.17, 15) is 9.90 Å². The maximum Gasteiger partial charge on any atom is 0.281 e. The number of benzene rings is 4. The summed E-state index contributed by atoms with van der Waals surface area (Å²) in [6, 6.07) is 33.5. The summed E-state index contributed by atoms with van der Waals surface area (Å²) in [5, 5.41) is 17.5. The van der Waals surface area contributed by atoms with Crippen molar-refractivity contribution in [3.05, 3.63) is 143 Å². The third kappa shape index (κ3) is 4.67. The van der Waals surface area contributed by atoms with E-state index in [1.807, 2.05) is 66.9 Å². The Bertz CT molecular complexity index is 1470. The van der Waals surface area contributed by atoms with Crippen LogP contribution in [0.4, 0.5) is 0 Å². The quantitative estimate of drug-likeness (QED) is 0.224. The Balaban J connectivity index is 1.43. The van der Waals surface area contributed by atoms with Gasteiger partial charge in [0.25, 0.3) is 5.91 Å². The zero-order valence-electron chi connectivity index (χ0n) is 19.4. The van der Waals surface area contributed by atoms with Gasteiger partial charge in [-0.25, -0.2) is 5.43 Å². The fraction of sp³-hybridized carbons (Fsp3) is 0.0667. The number of hydrazone groups is 1. The van der Waals surface area contributed by atoms with Gasteiger partial charge < -0.3 is 9.67 Å². The number of halogens is 1. The highest BCUT2D eigenvalue weighted by Gasteiger charge is 2.39. The van der Waals surface area contributed by atoms with Gasteiger partial charge >= 0.3 is 0 Å². The van der Waals surface area contributed by atoms with Gasteiger partial charge in [-0.15, -0.1) is 0 Å². The second kappa shape index (κ2) is 10.2. The number of amides is 1. The smallest absolute Gasteiger partial charge is 0.281 e. The van der Waals surface area contributed by atoms with Crippen molar-refractivity contribution in [2.75, 3.05) is 0 Å². The molecule has 1 heterocycles. The number of para-hydroxylation sites is 1. The molecular formula is C30H24ClN3O2. The molecule has 36 heavy (non-hydrogen) atoms. The van der Waals surface area contributed by atoms with Crippen LogP contribution < -0.4 is 5.43 Å². The topological polar surface area (TPSA) is 66.6 Å². The van der Waals surface area contributed by atoms with Crippen molar-refractivity contribution in [3.63, 3.8) is 0 Å². The number of hydrogen-bond donors (Lipinski definition) is 2. The number of nitrogens with zero attached hydrogens (tertiary/aromatic N) is 2. The molecule has 0 aliphatic carbocycles. The van der Waals surface area contributed by atoms with E-state index < -0.39 is 11.5 Å². The van der Waals surface area contributed by atoms with Crippen LogP contribution in [-0.4, -0.2) is 21.8 Å². The number of aliphatic hydroxyl groups is 1. The van der Waals surface area contributed by atoms with Gasteiger partial charge in [-0.05, 0) is 34.9 Å². The third-order valence-corrected chi connectivity index (χ3v) is 6.42. The molecule has 0 saturated carbocycles. The minimum absolute atomic E-state index is 0.462. The highest BCUT2D eigenvalue weighted by molar-refractivity contribution is 6.30. The molecule has 0 bridgehead atoms. The Kier molecular flexibility index (Phi) is 6.67. The van der Waals surface area contributed by atoms with Crippen LogP contribution in [0.25, 0.3) is 10.9 Å². The SMILES string of the molecule is O=C(N/N=C\c1cn(Cc2ccc(Cl)cc2)c2ccccc12)C(O)(c1ccccc1)c1ccccc1. The molecular weight excluding hydrogens is 470 g/mol. The molecule has 0 fully saturated rings. The molecule has 4 aromatic carbocycles. The highest BCUT2D eigenvalue weighted by atomic mass is 35.5. The summed E-state index contributed by atoms with van der Waals surface area (Å²) in [4.78, 5) is 13.3. The number of rotatable bonds is 7. The number of hydrogen-bond acceptors (Lipinski definition) is 3. The average molecular weight is 494 g/mol. The van der Waals surface area contributed by atoms with Crippen LogP contribution in [0.3, 0.4) is 0 Å². The van der Waals surface area contributed by atoms with Crippen molar-refractivity contribution >= 4 is 34.6 Å². The van der Waals surface area contributed by atoms with Crippen LogP contribution in [0.5, 0.6) is 0 Å². The van der Waals surface area contributed by atoms with Crippen molar-refractivity contribution in [2.24, 2.45) is 5.10 Å². The van der Waals surface area contributed by atoms with E-state index in [0.29, 0.717) is 22.7 Å². The molecule has 0 spiro atoms. The summed E-state index contributed by atoms with van der Waals surface area (Å²) in [5.41, 5.74) is 4.61. The number of carbonyl (C=O) groups is 1. The second-order valence-electron chi connectivity index (χ2n) is 8.50. The van der Waals surface area contributed by atoms with Gasteiger partial charge in [0.05, 0.1) is 6.21 Å². The normalized spacial score (nSPS) is 11.7. The summed E-state index contributed by atoms with van der Waals surface area (Å²) in [5.74, 6) is -0.638. The molecule has 178 valence electrons. The molecule has 1 aromatic heterocycles. The summed E-state index contributed by atoms with van der Waals surface area (Å²) < 4.78 is 2.13. The van der Waals surface area contributed by atoms with E-state index in [1.54, 1.807) is 54.7 Å².